The number of nitrogens with zero attached hydrogens (tertiary/aromatic N) is 3. The molecule has 26 heavy (non-hydrogen) atoms. The predicted octanol–water partition coefficient (Wildman–Crippen LogP) is 2.27. The van der Waals surface area contributed by atoms with Gasteiger partial charge in [0.25, 0.3) is 5.91 Å². The number of pyridine rings is 2. The smallest absolute Gasteiger partial charge is 0.417 e. The summed E-state index contributed by atoms with van der Waals surface area (Å²) in [7, 11) is 0. The lowest BCUT2D eigenvalue weighted by molar-refractivity contribution is -0.137. The Morgan fingerprint density at radius 2 is 2.15 bits per heavy atom. The number of amides is 1. The summed E-state index contributed by atoms with van der Waals surface area (Å²) in [6.07, 6.45) is 0.224. The van der Waals surface area contributed by atoms with Crippen molar-refractivity contribution < 1.29 is 22.7 Å². The molecule has 138 valence electrons. The zero-order chi connectivity index (χ0) is 18.6. The fourth-order valence-electron chi connectivity index (χ4n) is 2.68. The standard InChI is InChI=1S/C17H17F3N4O2/c18-17(19,20)12-3-4-15(22-8-12)24-7-5-13(10-24)23-16(25)11-26-14-2-1-6-21-9-14/h1-4,6,8-9,13H,5,7,10-11H2,(H,23,25). The zero-order valence-electron chi connectivity index (χ0n) is 13.7. The maximum Gasteiger partial charge on any atom is 0.417 e. The number of rotatable bonds is 5. The molecule has 1 aliphatic rings. The van der Waals surface area contributed by atoms with Crippen LogP contribution in [-0.2, 0) is 11.0 Å². The Bertz CT molecular complexity index is 738. The molecular formula is C17H17F3N4O2. The van der Waals surface area contributed by atoms with Gasteiger partial charge in [-0.15, -0.1) is 0 Å². The minimum absolute atomic E-state index is 0.107. The molecule has 1 aliphatic heterocycles. The molecule has 3 heterocycles. The maximum atomic E-state index is 12.6. The second-order valence-electron chi connectivity index (χ2n) is 5.88. The summed E-state index contributed by atoms with van der Waals surface area (Å²) in [5.41, 5.74) is -0.780. The molecule has 1 atom stereocenters. The van der Waals surface area contributed by atoms with Gasteiger partial charge in [-0.3, -0.25) is 9.78 Å². The van der Waals surface area contributed by atoms with Crippen LogP contribution in [0.2, 0.25) is 0 Å². The molecule has 9 heteroatoms. The van der Waals surface area contributed by atoms with Crippen LogP contribution in [0.3, 0.4) is 0 Å². The first-order chi connectivity index (χ1) is 12.4. The van der Waals surface area contributed by atoms with Crippen molar-refractivity contribution in [2.24, 2.45) is 0 Å². The van der Waals surface area contributed by atoms with Crippen molar-refractivity contribution >= 4 is 11.7 Å². The van der Waals surface area contributed by atoms with Crippen LogP contribution in [0.25, 0.3) is 0 Å². The highest BCUT2D eigenvalue weighted by Gasteiger charge is 2.31. The van der Waals surface area contributed by atoms with E-state index < -0.39 is 11.7 Å². The molecule has 0 bridgehead atoms. The Labute approximate surface area is 148 Å². The maximum absolute atomic E-state index is 12.6. The second-order valence-corrected chi connectivity index (χ2v) is 5.88. The highest BCUT2D eigenvalue weighted by atomic mass is 19.4. The molecule has 1 saturated heterocycles. The van der Waals surface area contributed by atoms with Crippen molar-refractivity contribution in [2.45, 2.75) is 18.6 Å². The summed E-state index contributed by atoms with van der Waals surface area (Å²) in [6.45, 7) is 0.963. The normalized spacial score (nSPS) is 17.2. The van der Waals surface area contributed by atoms with E-state index in [9.17, 15) is 18.0 Å². The number of anilines is 1. The predicted molar refractivity (Wildman–Crippen MR) is 87.7 cm³/mol. The summed E-state index contributed by atoms with van der Waals surface area (Å²) in [5, 5.41) is 2.85. The lowest BCUT2D eigenvalue weighted by Gasteiger charge is -2.18. The van der Waals surface area contributed by atoms with Gasteiger partial charge >= 0.3 is 6.18 Å². The molecule has 0 radical (unpaired) electrons. The Morgan fingerprint density at radius 3 is 2.81 bits per heavy atom. The Morgan fingerprint density at radius 1 is 1.31 bits per heavy atom. The van der Waals surface area contributed by atoms with Crippen LogP contribution in [0.5, 0.6) is 5.75 Å². The Kier molecular flexibility index (Phi) is 5.24. The van der Waals surface area contributed by atoms with Crippen molar-refractivity contribution in [3.8, 4) is 5.75 Å². The SMILES string of the molecule is O=C(COc1cccnc1)NC1CCN(c2ccc(C(F)(F)F)cn2)C1. The molecule has 1 unspecified atom stereocenters. The molecular weight excluding hydrogens is 349 g/mol. The van der Waals surface area contributed by atoms with Crippen LogP contribution in [0.4, 0.5) is 19.0 Å². The molecule has 0 spiro atoms. The van der Waals surface area contributed by atoms with Gasteiger partial charge in [0.05, 0.1) is 11.8 Å². The van der Waals surface area contributed by atoms with Gasteiger partial charge in [0, 0.05) is 31.5 Å². The van der Waals surface area contributed by atoms with Crippen LogP contribution >= 0.6 is 0 Å². The van der Waals surface area contributed by atoms with Crippen LogP contribution in [-0.4, -0.2) is 41.6 Å². The first-order valence-electron chi connectivity index (χ1n) is 8.02. The molecule has 0 saturated carbocycles. The van der Waals surface area contributed by atoms with E-state index in [1.54, 1.807) is 18.3 Å². The largest absolute Gasteiger partial charge is 0.482 e. The van der Waals surface area contributed by atoms with E-state index in [0.29, 0.717) is 31.1 Å². The van der Waals surface area contributed by atoms with Crippen molar-refractivity contribution in [2.75, 3.05) is 24.6 Å². The van der Waals surface area contributed by atoms with Gasteiger partial charge in [0.2, 0.25) is 0 Å². The molecule has 3 rings (SSSR count). The highest BCUT2D eigenvalue weighted by Crippen LogP contribution is 2.29. The van der Waals surface area contributed by atoms with Crippen LogP contribution in [0.15, 0.2) is 42.9 Å². The Hall–Kier alpha value is -2.84. The van der Waals surface area contributed by atoms with Crippen molar-refractivity contribution in [1.29, 1.82) is 0 Å². The van der Waals surface area contributed by atoms with Gasteiger partial charge in [-0.05, 0) is 30.7 Å². The molecule has 1 N–H and O–H groups in total. The third kappa shape index (κ3) is 4.62. The van der Waals surface area contributed by atoms with Crippen molar-refractivity contribution in [3.63, 3.8) is 0 Å². The number of aromatic nitrogens is 2. The van der Waals surface area contributed by atoms with Gasteiger partial charge in [0.1, 0.15) is 11.6 Å². The van der Waals surface area contributed by atoms with E-state index in [1.165, 1.54) is 12.3 Å². The quantitative estimate of drug-likeness (QED) is 0.879. The Balaban J connectivity index is 1.48. The fraction of sp³-hybridized carbons (Fsp3) is 0.353. The molecule has 2 aromatic rings. The van der Waals surface area contributed by atoms with Gasteiger partial charge < -0.3 is 15.0 Å². The number of nitrogens with one attached hydrogen (secondary N) is 1. The minimum atomic E-state index is -4.40. The first kappa shape index (κ1) is 18.0. The van der Waals surface area contributed by atoms with Crippen LogP contribution < -0.4 is 15.0 Å². The van der Waals surface area contributed by atoms with E-state index in [0.717, 1.165) is 12.3 Å². The number of hydrogen-bond acceptors (Lipinski definition) is 5. The van der Waals surface area contributed by atoms with Crippen LogP contribution in [0, 0.1) is 0 Å². The van der Waals surface area contributed by atoms with E-state index in [1.807, 2.05) is 4.90 Å². The average Bonchev–Trinajstić information content (AvgIpc) is 3.09. The fourth-order valence-corrected chi connectivity index (χ4v) is 2.68. The first-order valence-corrected chi connectivity index (χ1v) is 8.02. The van der Waals surface area contributed by atoms with Gasteiger partial charge in [-0.25, -0.2) is 4.98 Å². The molecule has 0 aliphatic carbocycles. The van der Waals surface area contributed by atoms with Gasteiger partial charge in [-0.1, -0.05) is 0 Å². The average molecular weight is 366 g/mol. The van der Waals surface area contributed by atoms with Crippen LogP contribution in [0.1, 0.15) is 12.0 Å². The number of carbonyl (C=O) groups excluding carboxylic acids is 1. The third-order valence-corrected chi connectivity index (χ3v) is 3.96. The summed E-state index contributed by atoms with van der Waals surface area (Å²) in [6, 6.07) is 5.66. The summed E-state index contributed by atoms with van der Waals surface area (Å²) < 4.78 is 43.1. The molecule has 6 nitrogen and oxygen atoms in total. The third-order valence-electron chi connectivity index (χ3n) is 3.96. The molecule has 2 aromatic heterocycles. The second kappa shape index (κ2) is 7.59. The lowest BCUT2D eigenvalue weighted by Crippen LogP contribution is -2.39. The topological polar surface area (TPSA) is 67.3 Å². The van der Waals surface area contributed by atoms with E-state index >= 15 is 0 Å². The van der Waals surface area contributed by atoms with E-state index in [4.69, 9.17) is 4.74 Å². The minimum Gasteiger partial charge on any atom is -0.482 e. The van der Waals surface area contributed by atoms with E-state index in [2.05, 4.69) is 15.3 Å². The van der Waals surface area contributed by atoms with Gasteiger partial charge in [0.15, 0.2) is 6.61 Å². The van der Waals surface area contributed by atoms with E-state index in [-0.39, 0.29) is 18.6 Å². The number of hydrogen-bond donors (Lipinski definition) is 1. The lowest BCUT2D eigenvalue weighted by atomic mass is 10.2. The number of halogens is 3. The highest BCUT2D eigenvalue weighted by molar-refractivity contribution is 5.78. The summed E-state index contributed by atoms with van der Waals surface area (Å²) in [5.74, 6) is 0.701. The molecule has 1 fully saturated rings. The van der Waals surface area contributed by atoms with Crippen molar-refractivity contribution in [1.82, 2.24) is 15.3 Å². The number of carbonyl (C=O) groups is 1. The monoisotopic (exact) mass is 366 g/mol. The summed E-state index contributed by atoms with van der Waals surface area (Å²) >= 11 is 0. The molecule has 0 aromatic carbocycles. The molecule has 1 amide bonds. The van der Waals surface area contributed by atoms with Crippen molar-refractivity contribution in [3.05, 3.63) is 48.4 Å². The summed E-state index contributed by atoms with van der Waals surface area (Å²) in [4.78, 5) is 21.6. The van der Waals surface area contributed by atoms with Gasteiger partial charge in [-0.2, -0.15) is 13.2 Å². The number of alkyl halides is 3. The zero-order valence-corrected chi connectivity index (χ0v) is 13.7. The number of ether oxygens (including phenoxy) is 1.